The molecule has 0 aliphatic carbocycles. The van der Waals surface area contributed by atoms with Crippen molar-refractivity contribution in [3.63, 3.8) is 0 Å². The van der Waals surface area contributed by atoms with Crippen LogP contribution in [-0.4, -0.2) is 35.6 Å². The minimum Gasteiger partial charge on any atom is -0.494 e. The van der Waals surface area contributed by atoms with Gasteiger partial charge in [0.1, 0.15) is 11.6 Å². The van der Waals surface area contributed by atoms with Crippen molar-refractivity contribution < 1.29 is 9.53 Å². The van der Waals surface area contributed by atoms with E-state index in [2.05, 4.69) is 21.3 Å². The predicted molar refractivity (Wildman–Crippen MR) is 113 cm³/mol. The number of aromatic nitrogens is 2. The molecule has 4 rings (SSSR count). The number of fused-ring (bicyclic) bond motifs is 1. The van der Waals surface area contributed by atoms with Gasteiger partial charge in [-0.25, -0.2) is 9.97 Å². The average molecular weight is 397 g/mol. The largest absolute Gasteiger partial charge is 0.494 e. The summed E-state index contributed by atoms with van der Waals surface area (Å²) in [6.07, 6.45) is 1.63. The Morgan fingerprint density at radius 1 is 1.25 bits per heavy atom. The summed E-state index contributed by atoms with van der Waals surface area (Å²) in [5.74, 6) is 1.58. The van der Waals surface area contributed by atoms with Crippen LogP contribution in [0, 0.1) is 12.8 Å². The molecule has 3 heterocycles. The minimum absolute atomic E-state index is 0.0116. The number of amides is 1. The van der Waals surface area contributed by atoms with E-state index in [9.17, 15) is 4.79 Å². The molecule has 0 atom stereocenters. The molecule has 1 amide bonds. The van der Waals surface area contributed by atoms with Gasteiger partial charge in [0.25, 0.3) is 0 Å². The van der Waals surface area contributed by atoms with Crippen LogP contribution in [0.25, 0.3) is 10.2 Å². The van der Waals surface area contributed by atoms with Crippen molar-refractivity contribution in [3.05, 3.63) is 42.1 Å². The number of piperidine rings is 1. The number of ether oxygens (including phenoxy) is 1. The van der Waals surface area contributed by atoms with E-state index in [1.54, 1.807) is 11.3 Å². The van der Waals surface area contributed by atoms with E-state index < -0.39 is 0 Å². The van der Waals surface area contributed by atoms with Crippen molar-refractivity contribution in [2.75, 3.05) is 29.9 Å². The molecule has 1 fully saturated rings. The number of pyridine rings is 1. The average Bonchev–Trinajstić information content (AvgIpc) is 3.12. The second kappa shape index (κ2) is 8.14. The highest BCUT2D eigenvalue weighted by molar-refractivity contribution is 7.22. The number of aryl methyl sites for hydroxylation is 1. The number of thiazole rings is 1. The van der Waals surface area contributed by atoms with E-state index in [0.717, 1.165) is 52.7 Å². The molecule has 146 valence electrons. The molecule has 3 aromatic rings. The minimum atomic E-state index is 0.0116. The second-order valence-electron chi connectivity index (χ2n) is 6.97. The predicted octanol–water partition coefficient (Wildman–Crippen LogP) is 4.25. The van der Waals surface area contributed by atoms with Gasteiger partial charge in [-0.1, -0.05) is 17.4 Å². The topological polar surface area (TPSA) is 67.3 Å². The first kappa shape index (κ1) is 18.7. The molecule has 0 unspecified atom stereocenters. The van der Waals surface area contributed by atoms with Crippen LogP contribution in [0.1, 0.15) is 25.5 Å². The number of hydrogen-bond acceptors (Lipinski definition) is 6. The van der Waals surface area contributed by atoms with Gasteiger partial charge in [0.15, 0.2) is 5.13 Å². The monoisotopic (exact) mass is 396 g/mol. The van der Waals surface area contributed by atoms with Gasteiger partial charge in [-0.15, -0.1) is 0 Å². The highest BCUT2D eigenvalue weighted by Gasteiger charge is 2.26. The number of rotatable bonds is 5. The van der Waals surface area contributed by atoms with E-state index in [-0.39, 0.29) is 11.8 Å². The molecule has 0 spiro atoms. The lowest BCUT2D eigenvalue weighted by Crippen LogP contribution is -2.38. The molecule has 1 aliphatic heterocycles. The standard InChI is InChI=1S/C21H24N4O2S/c1-3-27-16-7-8-17-18(13-16)28-21(23-17)25-11-9-15(10-12-25)20(26)24-19-6-4-5-14(2)22-19/h4-8,13,15H,3,9-12H2,1-2H3,(H,22,24,26). The molecule has 28 heavy (non-hydrogen) atoms. The summed E-state index contributed by atoms with van der Waals surface area (Å²) in [5.41, 5.74) is 1.89. The number of benzene rings is 1. The summed E-state index contributed by atoms with van der Waals surface area (Å²) in [4.78, 5) is 24.0. The zero-order chi connectivity index (χ0) is 19.5. The van der Waals surface area contributed by atoms with E-state index in [0.29, 0.717) is 12.4 Å². The van der Waals surface area contributed by atoms with Crippen LogP contribution in [0.15, 0.2) is 36.4 Å². The van der Waals surface area contributed by atoms with E-state index >= 15 is 0 Å². The van der Waals surface area contributed by atoms with Crippen LogP contribution in [-0.2, 0) is 4.79 Å². The quantitative estimate of drug-likeness (QED) is 0.698. The number of carbonyl (C=O) groups is 1. The Bertz CT molecular complexity index is 979. The number of nitrogens with one attached hydrogen (secondary N) is 1. The van der Waals surface area contributed by atoms with Gasteiger partial charge in [0.05, 0.1) is 16.8 Å². The second-order valence-corrected chi connectivity index (χ2v) is 7.98. The molecule has 6 nitrogen and oxygen atoms in total. The lowest BCUT2D eigenvalue weighted by atomic mass is 9.96. The van der Waals surface area contributed by atoms with Crippen molar-refractivity contribution in [3.8, 4) is 5.75 Å². The van der Waals surface area contributed by atoms with Crippen LogP contribution >= 0.6 is 11.3 Å². The van der Waals surface area contributed by atoms with Crippen LogP contribution in [0.4, 0.5) is 10.9 Å². The zero-order valence-electron chi connectivity index (χ0n) is 16.1. The summed E-state index contributed by atoms with van der Waals surface area (Å²) in [6.45, 7) is 6.22. The molecular formula is C21H24N4O2S. The SMILES string of the molecule is CCOc1ccc2nc(N3CCC(C(=O)Nc4cccc(C)n4)CC3)sc2c1. The highest BCUT2D eigenvalue weighted by Crippen LogP contribution is 2.33. The number of hydrogen-bond donors (Lipinski definition) is 1. The first-order valence-corrected chi connectivity index (χ1v) is 10.5. The normalized spacial score (nSPS) is 15.0. The summed E-state index contributed by atoms with van der Waals surface area (Å²) in [5, 5.41) is 3.97. The maximum atomic E-state index is 12.6. The molecule has 1 aromatic carbocycles. The zero-order valence-corrected chi connectivity index (χ0v) is 17.0. The van der Waals surface area contributed by atoms with Gasteiger partial charge < -0.3 is 15.0 Å². The third kappa shape index (κ3) is 4.09. The van der Waals surface area contributed by atoms with Crippen LogP contribution in [0.2, 0.25) is 0 Å². The molecule has 1 saturated heterocycles. The van der Waals surface area contributed by atoms with Crippen molar-refractivity contribution in [1.29, 1.82) is 0 Å². The summed E-state index contributed by atoms with van der Waals surface area (Å²) in [7, 11) is 0. The van der Waals surface area contributed by atoms with Gasteiger partial charge >= 0.3 is 0 Å². The Labute approximate surface area is 168 Å². The fourth-order valence-corrected chi connectivity index (χ4v) is 4.50. The van der Waals surface area contributed by atoms with E-state index in [4.69, 9.17) is 9.72 Å². The molecule has 0 radical (unpaired) electrons. The van der Waals surface area contributed by atoms with Crippen LogP contribution in [0.3, 0.4) is 0 Å². The maximum Gasteiger partial charge on any atom is 0.228 e. The summed E-state index contributed by atoms with van der Waals surface area (Å²) in [6, 6.07) is 11.7. The van der Waals surface area contributed by atoms with Crippen molar-refractivity contribution in [2.45, 2.75) is 26.7 Å². The van der Waals surface area contributed by atoms with Gasteiger partial charge in [0, 0.05) is 24.7 Å². The highest BCUT2D eigenvalue weighted by atomic mass is 32.1. The molecule has 2 aromatic heterocycles. The lowest BCUT2D eigenvalue weighted by Gasteiger charge is -2.30. The number of carbonyl (C=O) groups excluding carboxylic acids is 1. The van der Waals surface area contributed by atoms with Crippen molar-refractivity contribution >= 4 is 38.4 Å². The fourth-order valence-electron chi connectivity index (χ4n) is 3.46. The third-order valence-electron chi connectivity index (χ3n) is 4.94. The summed E-state index contributed by atoms with van der Waals surface area (Å²) >= 11 is 1.68. The van der Waals surface area contributed by atoms with Crippen LogP contribution < -0.4 is 15.0 Å². The molecule has 1 N–H and O–H groups in total. The first-order chi connectivity index (χ1) is 13.6. The lowest BCUT2D eigenvalue weighted by molar-refractivity contribution is -0.120. The Balaban J connectivity index is 1.38. The Morgan fingerprint density at radius 2 is 2.07 bits per heavy atom. The number of anilines is 2. The van der Waals surface area contributed by atoms with Crippen molar-refractivity contribution in [1.82, 2.24) is 9.97 Å². The van der Waals surface area contributed by atoms with Gasteiger partial charge in [0.2, 0.25) is 5.91 Å². The fraction of sp³-hybridized carbons (Fsp3) is 0.381. The third-order valence-corrected chi connectivity index (χ3v) is 6.01. The smallest absolute Gasteiger partial charge is 0.228 e. The first-order valence-electron chi connectivity index (χ1n) is 9.65. The van der Waals surface area contributed by atoms with Gasteiger partial charge in [-0.3, -0.25) is 4.79 Å². The maximum absolute atomic E-state index is 12.6. The molecule has 1 aliphatic rings. The molecule has 7 heteroatoms. The number of nitrogens with zero attached hydrogens (tertiary/aromatic N) is 3. The summed E-state index contributed by atoms with van der Waals surface area (Å²) < 4.78 is 6.71. The van der Waals surface area contributed by atoms with E-state index in [1.807, 2.05) is 44.2 Å². The molecule has 0 saturated carbocycles. The Morgan fingerprint density at radius 3 is 2.82 bits per heavy atom. The van der Waals surface area contributed by atoms with Gasteiger partial charge in [-0.05, 0) is 57.0 Å². The molecular weight excluding hydrogens is 372 g/mol. The molecule has 0 bridgehead atoms. The van der Waals surface area contributed by atoms with E-state index in [1.165, 1.54) is 0 Å². The van der Waals surface area contributed by atoms with Crippen LogP contribution in [0.5, 0.6) is 5.75 Å². The Kier molecular flexibility index (Phi) is 5.43. The van der Waals surface area contributed by atoms with Gasteiger partial charge in [-0.2, -0.15) is 0 Å². The van der Waals surface area contributed by atoms with Crippen molar-refractivity contribution in [2.24, 2.45) is 5.92 Å². The Hall–Kier alpha value is -2.67.